The number of piperazine rings is 1. The number of pyridine rings is 1. The zero-order valence-corrected chi connectivity index (χ0v) is 19.9. The van der Waals surface area contributed by atoms with Crippen molar-refractivity contribution in [3.05, 3.63) is 59.9 Å². The Hall–Kier alpha value is -3.80. The van der Waals surface area contributed by atoms with Crippen molar-refractivity contribution < 1.29 is 17.6 Å². The van der Waals surface area contributed by atoms with Gasteiger partial charge in [-0.1, -0.05) is 17.3 Å². The van der Waals surface area contributed by atoms with Gasteiger partial charge in [0.1, 0.15) is 17.3 Å². The van der Waals surface area contributed by atoms with E-state index in [4.69, 9.17) is 9.40 Å². The Morgan fingerprint density at radius 1 is 0.972 bits per heavy atom. The number of benzene rings is 1. The molecule has 0 amide bonds. The molecule has 188 valence electrons. The van der Waals surface area contributed by atoms with Crippen molar-refractivity contribution in [3.8, 4) is 22.8 Å². The minimum absolute atomic E-state index is 0.127. The second-order valence-corrected chi connectivity index (χ2v) is 8.85. The monoisotopic (exact) mass is 498 g/mol. The molecule has 0 radical (unpaired) electrons. The van der Waals surface area contributed by atoms with Gasteiger partial charge in [0, 0.05) is 43.3 Å². The van der Waals surface area contributed by atoms with Gasteiger partial charge in [-0.2, -0.15) is 8.78 Å². The highest BCUT2D eigenvalue weighted by Gasteiger charge is 2.21. The summed E-state index contributed by atoms with van der Waals surface area (Å²) in [6, 6.07) is 10.6. The van der Waals surface area contributed by atoms with Gasteiger partial charge in [-0.3, -0.25) is 4.90 Å². The number of rotatable bonds is 7. The van der Waals surface area contributed by atoms with Crippen LogP contribution in [0.15, 0.2) is 47.0 Å². The van der Waals surface area contributed by atoms with E-state index in [-0.39, 0.29) is 18.0 Å². The maximum atomic E-state index is 14.7. The van der Waals surface area contributed by atoms with Crippen LogP contribution >= 0.6 is 0 Å². The molecular weight excluding hydrogens is 473 g/mol. The topological polar surface area (TPSA) is 89.0 Å². The molecule has 1 saturated heterocycles. The number of halogens is 3. The molecule has 1 aromatic carbocycles. The second kappa shape index (κ2) is 10.1. The van der Waals surface area contributed by atoms with Crippen LogP contribution in [0.2, 0.25) is 0 Å². The molecule has 5 rings (SSSR count). The van der Waals surface area contributed by atoms with Crippen LogP contribution in [0.3, 0.4) is 0 Å². The average molecular weight is 499 g/mol. The fraction of sp³-hybridized carbons (Fsp3) is 0.375. The first kappa shape index (κ1) is 23.9. The summed E-state index contributed by atoms with van der Waals surface area (Å²) in [5.74, 6) is -0.638. The molecule has 0 N–H and O–H groups in total. The molecule has 0 aliphatic carbocycles. The molecule has 0 spiro atoms. The maximum Gasteiger partial charge on any atom is 0.314 e. The Bertz CT molecular complexity index is 1330. The molecule has 1 aliphatic heterocycles. The first-order valence-electron chi connectivity index (χ1n) is 11.6. The van der Waals surface area contributed by atoms with E-state index >= 15 is 0 Å². The number of aromatic nitrogens is 6. The smallest absolute Gasteiger partial charge is 0.314 e. The summed E-state index contributed by atoms with van der Waals surface area (Å²) < 4.78 is 46.5. The van der Waals surface area contributed by atoms with Gasteiger partial charge < -0.3 is 9.32 Å². The van der Waals surface area contributed by atoms with Gasteiger partial charge in [-0.15, -0.1) is 15.3 Å². The number of anilines is 1. The summed E-state index contributed by atoms with van der Waals surface area (Å²) in [6.07, 6.45) is -1.18. The molecule has 0 bridgehead atoms. The summed E-state index contributed by atoms with van der Waals surface area (Å²) in [5.41, 5.74) is 1.82. The lowest BCUT2D eigenvalue weighted by atomic mass is 10.1. The molecule has 0 saturated carbocycles. The SMILES string of the molecule is CC(C)N1CCN(c2cccc(-c3cn(Cc4ccc(-c5nnc(C(F)F)o5)cc4F)nn3)n2)CC1. The van der Waals surface area contributed by atoms with Gasteiger partial charge in [0.25, 0.3) is 5.89 Å². The van der Waals surface area contributed by atoms with Crippen LogP contribution in [0.4, 0.5) is 19.0 Å². The quantitative estimate of drug-likeness (QED) is 0.377. The molecular formula is C24H25F3N8O. The number of alkyl halides is 2. The second-order valence-electron chi connectivity index (χ2n) is 8.85. The van der Waals surface area contributed by atoms with E-state index < -0.39 is 18.1 Å². The van der Waals surface area contributed by atoms with Crippen molar-refractivity contribution in [3.63, 3.8) is 0 Å². The third-order valence-corrected chi connectivity index (χ3v) is 6.16. The molecule has 1 aliphatic rings. The molecule has 9 nitrogen and oxygen atoms in total. The normalized spacial score (nSPS) is 14.8. The van der Waals surface area contributed by atoms with Gasteiger partial charge in [0.2, 0.25) is 5.89 Å². The highest BCUT2D eigenvalue weighted by atomic mass is 19.3. The highest BCUT2D eigenvalue weighted by Crippen LogP contribution is 2.25. The van der Waals surface area contributed by atoms with Crippen LogP contribution in [0.25, 0.3) is 22.8 Å². The van der Waals surface area contributed by atoms with Gasteiger partial charge in [0.05, 0.1) is 18.4 Å². The standard InChI is InChI=1S/C24H25F3N8O/c1-15(2)33-8-10-34(11-9-33)21-5-3-4-19(28-21)20-14-35(32-29-20)13-17-7-6-16(12-18(17)25)23-30-31-24(36-23)22(26)27/h3-7,12,14-15,22H,8-11,13H2,1-2H3. The van der Waals surface area contributed by atoms with Crippen LogP contribution < -0.4 is 4.90 Å². The average Bonchev–Trinajstić information content (AvgIpc) is 3.56. The van der Waals surface area contributed by atoms with E-state index in [0.29, 0.717) is 23.0 Å². The van der Waals surface area contributed by atoms with Gasteiger partial charge >= 0.3 is 6.43 Å². The fourth-order valence-corrected chi connectivity index (χ4v) is 4.13. The lowest BCUT2D eigenvalue weighted by Gasteiger charge is -2.37. The van der Waals surface area contributed by atoms with Gasteiger partial charge in [-0.25, -0.2) is 14.1 Å². The molecule has 12 heteroatoms. The zero-order chi connectivity index (χ0) is 25.2. The van der Waals surface area contributed by atoms with E-state index in [1.54, 1.807) is 6.20 Å². The van der Waals surface area contributed by atoms with Crippen LogP contribution in [0, 0.1) is 5.82 Å². The number of nitrogens with zero attached hydrogens (tertiary/aromatic N) is 8. The Kier molecular flexibility index (Phi) is 6.68. The summed E-state index contributed by atoms with van der Waals surface area (Å²) in [5, 5.41) is 15.1. The highest BCUT2D eigenvalue weighted by molar-refractivity contribution is 5.57. The van der Waals surface area contributed by atoms with Crippen molar-refractivity contribution in [1.82, 2.24) is 35.1 Å². The summed E-state index contributed by atoms with van der Waals surface area (Å²) in [6.45, 7) is 8.33. The summed E-state index contributed by atoms with van der Waals surface area (Å²) in [7, 11) is 0. The zero-order valence-electron chi connectivity index (χ0n) is 19.9. The van der Waals surface area contributed by atoms with E-state index in [2.05, 4.69) is 44.2 Å². The first-order valence-corrected chi connectivity index (χ1v) is 11.6. The Labute approximate surface area is 205 Å². The predicted octanol–water partition coefficient (Wildman–Crippen LogP) is 4.05. The summed E-state index contributed by atoms with van der Waals surface area (Å²) in [4.78, 5) is 9.48. The lowest BCUT2D eigenvalue weighted by molar-refractivity contribution is 0.116. The van der Waals surface area contributed by atoms with Gasteiger partial charge in [-0.05, 0) is 38.1 Å². The third kappa shape index (κ3) is 5.08. The van der Waals surface area contributed by atoms with Gasteiger partial charge in [0.15, 0.2) is 0 Å². The van der Waals surface area contributed by atoms with Crippen molar-refractivity contribution in [2.24, 2.45) is 0 Å². The lowest BCUT2D eigenvalue weighted by Crippen LogP contribution is -2.49. The molecule has 0 atom stereocenters. The maximum absolute atomic E-state index is 14.7. The van der Waals surface area contributed by atoms with Crippen molar-refractivity contribution in [1.29, 1.82) is 0 Å². The largest absolute Gasteiger partial charge is 0.415 e. The van der Waals surface area contributed by atoms with E-state index in [1.807, 2.05) is 18.2 Å². The molecule has 4 aromatic rings. The third-order valence-electron chi connectivity index (χ3n) is 6.16. The first-order chi connectivity index (χ1) is 17.4. The predicted molar refractivity (Wildman–Crippen MR) is 126 cm³/mol. The Balaban J connectivity index is 1.28. The minimum atomic E-state index is -2.89. The van der Waals surface area contributed by atoms with E-state index in [1.165, 1.54) is 22.9 Å². The van der Waals surface area contributed by atoms with Crippen molar-refractivity contribution in [2.75, 3.05) is 31.1 Å². The molecule has 1 fully saturated rings. The fourth-order valence-electron chi connectivity index (χ4n) is 4.13. The summed E-state index contributed by atoms with van der Waals surface area (Å²) >= 11 is 0. The van der Waals surface area contributed by atoms with Crippen LogP contribution in [0.1, 0.15) is 31.7 Å². The molecule has 36 heavy (non-hydrogen) atoms. The minimum Gasteiger partial charge on any atom is -0.415 e. The van der Waals surface area contributed by atoms with Crippen molar-refractivity contribution >= 4 is 5.82 Å². The molecule has 4 heterocycles. The molecule has 3 aromatic heterocycles. The van der Waals surface area contributed by atoms with Crippen molar-refractivity contribution in [2.45, 2.75) is 32.9 Å². The number of hydrogen-bond acceptors (Lipinski definition) is 8. The number of hydrogen-bond donors (Lipinski definition) is 0. The van der Waals surface area contributed by atoms with Crippen LogP contribution in [-0.2, 0) is 6.54 Å². The Morgan fingerprint density at radius 3 is 2.47 bits per heavy atom. The van der Waals surface area contributed by atoms with Crippen LogP contribution in [-0.4, -0.2) is 67.3 Å². The molecule has 0 unspecified atom stereocenters. The van der Waals surface area contributed by atoms with E-state index in [9.17, 15) is 13.2 Å². The van der Waals surface area contributed by atoms with E-state index in [0.717, 1.165) is 32.0 Å². The van der Waals surface area contributed by atoms with Crippen LogP contribution in [0.5, 0.6) is 0 Å². The Morgan fingerprint density at radius 2 is 1.78 bits per heavy atom.